The summed E-state index contributed by atoms with van der Waals surface area (Å²) < 4.78 is 0. The van der Waals surface area contributed by atoms with Gasteiger partial charge in [0.15, 0.2) is 0 Å². The van der Waals surface area contributed by atoms with E-state index >= 15 is 0 Å². The molecule has 1 atom stereocenters. The predicted molar refractivity (Wildman–Crippen MR) is 57.7 cm³/mol. The van der Waals surface area contributed by atoms with Gasteiger partial charge in [0, 0.05) is 31.3 Å². The molecular weight excluding hydrogens is 210 g/mol. The smallest absolute Gasteiger partial charge is 0.326 e. The van der Waals surface area contributed by atoms with Crippen LogP contribution < -0.4 is 11.1 Å². The lowest BCUT2D eigenvalue weighted by Crippen LogP contribution is -2.42. The van der Waals surface area contributed by atoms with E-state index in [0.717, 1.165) is 5.69 Å². The Hall–Kier alpha value is -1.82. The minimum absolute atomic E-state index is 0.133. The highest BCUT2D eigenvalue weighted by Gasteiger charge is 2.20. The molecule has 0 saturated carbocycles. The minimum atomic E-state index is -1.06. The Bertz CT molecular complexity index is 348. The molecule has 16 heavy (non-hydrogen) atoms. The number of carbonyl (C=O) groups excluding carboxylic acids is 1. The van der Waals surface area contributed by atoms with Crippen LogP contribution in [0.15, 0.2) is 18.3 Å². The molecule has 0 bridgehead atoms. The van der Waals surface area contributed by atoms with Gasteiger partial charge < -0.3 is 21.1 Å². The molecule has 0 spiro atoms. The molecule has 5 N–H and O–H groups in total. The maximum absolute atomic E-state index is 11.2. The van der Waals surface area contributed by atoms with Crippen molar-refractivity contribution in [3.8, 4) is 0 Å². The average molecular weight is 225 g/mol. The van der Waals surface area contributed by atoms with Crippen LogP contribution in [0.25, 0.3) is 0 Å². The number of rotatable bonds is 6. The molecule has 6 nitrogen and oxygen atoms in total. The van der Waals surface area contributed by atoms with Gasteiger partial charge in [0.25, 0.3) is 0 Å². The summed E-state index contributed by atoms with van der Waals surface area (Å²) in [6, 6.07) is 2.62. The normalized spacial score (nSPS) is 12.1. The SMILES string of the molecule is NCCC(=O)NC(Cc1ccc[nH]1)C(=O)O. The van der Waals surface area contributed by atoms with Crippen LogP contribution in [-0.2, 0) is 16.0 Å². The zero-order chi connectivity index (χ0) is 12.0. The van der Waals surface area contributed by atoms with Crippen molar-refractivity contribution in [2.45, 2.75) is 18.9 Å². The van der Waals surface area contributed by atoms with Gasteiger partial charge >= 0.3 is 5.97 Å². The lowest BCUT2D eigenvalue weighted by Gasteiger charge is -2.13. The molecule has 0 fully saturated rings. The molecule has 1 aromatic rings. The number of carbonyl (C=O) groups is 2. The molecule has 0 aliphatic carbocycles. The summed E-state index contributed by atoms with van der Waals surface area (Å²) in [6.07, 6.45) is 2.07. The van der Waals surface area contributed by atoms with E-state index in [0.29, 0.717) is 0 Å². The van der Waals surface area contributed by atoms with E-state index in [1.54, 1.807) is 18.3 Å². The van der Waals surface area contributed by atoms with Crippen molar-refractivity contribution in [1.82, 2.24) is 10.3 Å². The number of nitrogens with two attached hydrogens (primary N) is 1. The highest BCUT2D eigenvalue weighted by Crippen LogP contribution is 2.00. The molecule has 88 valence electrons. The molecule has 1 rings (SSSR count). The van der Waals surface area contributed by atoms with Gasteiger partial charge in [-0.2, -0.15) is 0 Å². The Balaban J connectivity index is 2.54. The number of aliphatic carboxylic acids is 1. The van der Waals surface area contributed by atoms with E-state index in [1.165, 1.54) is 0 Å². The molecule has 0 aliphatic heterocycles. The maximum Gasteiger partial charge on any atom is 0.326 e. The average Bonchev–Trinajstić information content (AvgIpc) is 2.69. The van der Waals surface area contributed by atoms with E-state index < -0.39 is 12.0 Å². The van der Waals surface area contributed by atoms with Crippen LogP contribution in [0.2, 0.25) is 0 Å². The summed E-state index contributed by atoms with van der Waals surface area (Å²) in [7, 11) is 0. The van der Waals surface area contributed by atoms with E-state index in [9.17, 15) is 9.59 Å². The van der Waals surface area contributed by atoms with E-state index in [2.05, 4.69) is 10.3 Å². The Morgan fingerprint density at radius 1 is 1.56 bits per heavy atom. The number of hydrogen-bond donors (Lipinski definition) is 4. The first-order valence-electron chi connectivity index (χ1n) is 4.98. The maximum atomic E-state index is 11.2. The molecule has 1 aromatic heterocycles. The third-order valence-corrected chi connectivity index (χ3v) is 2.09. The number of nitrogens with one attached hydrogen (secondary N) is 2. The molecule has 0 radical (unpaired) electrons. The van der Waals surface area contributed by atoms with E-state index in [1.807, 2.05) is 0 Å². The van der Waals surface area contributed by atoms with Gasteiger partial charge in [-0.05, 0) is 12.1 Å². The predicted octanol–water partition coefficient (Wildman–Crippen LogP) is -0.525. The summed E-state index contributed by atoms with van der Waals surface area (Å²) in [5, 5.41) is 11.3. The van der Waals surface area contributed by atoms with Crippen molar-refractivity contribution in [3.63, 3.8) is 0 Å². The fourth-order valence-electron chi connectivity index (χ4n) is 1.31. The Morgan fingerprint density at radius 2 is 2.31 bits per heavy atom. The fraction of sp³-hybridized carbons (Fsp3) is 0.400. The molecular formula is C10H15N3O3. The van der Waals surface area contributed by atoms with Gasteiger partial charge in [0.1, 0.15) is 6.04 Å². The number of amides is 1. The molecule has 0 aliphatic rings. The van der Waals surface area contributed by atoms with Crippen LogP contribution >= 0.6 is 0 Å². The van der Waals surface area contributed by atoms with Crippen LogP contribution in [0, 0.1) is 0 Å². The summed E-state index contributed by atoms with van der Waals surface area (Å²) in [5.74, 6) is -1.40. The van der Waals surface area contributed by atoms with E-state index in [-0.39, 0.29) is 25.3 Å². The van der Waals surface area contributed by atoms with Crippen LogP contribution in [0.5, 0.6) is 0 Å². The zero-order valence-electron chi connectivity index (χ0n) is 8.77. The standard InChI is InChI=1S/C10H15N3O3/c11-4-3-9(14)13-8(10(15)16)6-7-2-1-5-12-7/h1-2,5,8,12H,3-4,6,11H2,(H,13,14)(H,15,16). The second-order valence-corrected chi connectivity index (χ2v) is 3.40. The molecule has 1 unspecified atom stereocenters. The Kier molecular flexibility index (Phi) is 4.53. The molecule has 1 amide bonds. The zero-order valence-corrected chi connectivity index (χ0v) is 8.77. The first-order valence-corrected chi connectivity index (χ1v) is 4.98. The lowest BCUT2D eigenvalue weighted by molar-refractivity contribution is -0.141. The van der Waals surface area contributed by atoms with Gasteiger partial charge in [-0.3, -0.25) is 4.79 Å². The van der Waals surface area contributed by atoms with Crippen LogP contribution in [0.4, 0.5) is 0 Å². The second kappa shape index (κ2) is 5.92. The summed E-state index contributed by atoms with van der Waals surface area (Å²) in [4.78, 5) is 25.0. The van der Waals surface area contributed by atoms with Gasteiger partial charge in [-0.15, -0.1) is 0 Å². The topological polar surface area (TPSA) is 108 Å². The molecule has 0 aromatic carbocycles. The monoisotopic (exact) mass is 225 g/mol. The number of hydrogen-bond acceptors (Lipinski definition) is 3. The lowest BCUT2D eigenvalue weighted by atomic mass is 10.1. The quantitative estimate of drug-likeness (QED) is 0.522. The van der Waals surface area contributed by atoms with Crippen LogP contribution in [-0.4, -0.2) is 34.6 Å². The minimum Gasteiger partial charge on any atom is -0.480 e. The summed E-state index contributed by atoms with van der Waals surface area (Å²) in [5.41, 5.74) is 5.97. The number of carboxylic acids is 1. The highest BCUT2D eigenvalue weighted by molar-refractivity contribution is 5.83. The summed E-state index contributed by atoms with van der Waals surface area (Å²) in [6.45, 7) is 0.209. The van der Waals surface area contributed by atoms with Crippen molar-refractivity contribution in [3.05, 3.63) is 24.0 Å². The second-order valence-electron chi connectivity index (χ2n) is 3.40. The van der Waals surface area contributed by atoms with Crippen molar-refractivity contribution >= 4 is 11.9 Å². The third-order valence-electron chi connectivity index (χ3n) is 2.09. The number of aromatic amines is 1. The van der Waals surface area contributed by atoms with Gasteiger partial charge in [0.2, 0.25) is 5.91 Å². The molecule has 0 saturated heterocycles. The van der Waals surface area contributed by atoms with Crippen molar-refractivity contribution in [1.29, 1.82) is 0 Å². The van der Waals surface area contributed by atoms with E-state index in [4.69, 9.17) is 10.8 Å². The Morgan fingerprint density at radius 3 is 2.81 bits per heavy atom. The largest absolute Gasteiger partial charge is 0.480 e. The third kappa shape index (κ3) is 3.74. The fourth-order valence-corrected chi connectivity index (χ4v) is 1.31. The molecule has 6 heteroatoms. The van der Waals surface area contributed by atoms with Crippen LogP contribution in [0.1, 0.15) is 12.1 Å². The number of H-pyrrole nitrogens is 1. The first kappa shape index (κ1) is 12.3. The molecule has 1 heterocycles. The van der Waals surface area contributed by atoms with Crippen molar-refractivity contribution < 1.29 is 14.7 Å². The highest BCUT2D eigenvalue weighted by atomic mass is 16.4. The summed E-state index contributed by atoms with van der Waals surface area (Å²) >= 11 is 0. The number of aromatic nitrogens is 1. The van der Waals surface area contributed by atoms with Gasteiger partial charge in [-0.25, -0.2) is 4.79 Å². The van der Waals surface area contributed by atoms with Crippen molar-refractivity contribution in [2.24, 2.45) is 5.73 Å². The number of carboxylic acid groups (broad SMARTS) is 1. The van der Waals surface area contributed by atoms with Crippen molar-refractivity contribution in [2.75, 3.05) is 6.54 Å². The van der Waals surface area contributed by atoms with Gasteiger partial charge in [0.05, 0.1) is 0 Å². The van der Waals surface area contributed by atoms with Crippen LogP contribution in [0.3, 0.4) is 0 Å². The Labute approximate surface area is 92.8 Å². The van der Waals surface area contributed by atoms with Gasteiger partial charge in [-0.1, -0.05) is 0 Å². The first-order chi connectivity index (χ1) is 7.63.